The molecule has 0 atom stereocenters. The first-order valence-electron chi connectivity index (χ1n) is 8.16. The van der Waals surface area contributed by atoms with Crippen LogP contribution < -0.4 is 4.74 Å². The van der Waals surface area contributed by atoms with Gasteiger partial charge in [-0.15, -0.1) is 0 Å². The van der Waals surface area contributed by atoms with Crippen LogP contribution in [0.4, 0.5) is 4.39 Å². The number of halogens is 1. The molecular weight excluding hydrogens is 337 g/mol. The van der Waals surface area contributed by atoms with E-state index in [9.17, 15) is 9.18 Å². The van der Waals surface area contributed by atoms with Crippen LogP contribution in [0.25, 0.3) is 11.3 Å². The van der Waals surface area contributed by atoms with Crippen molar-refractivity contribution in [1.29, 1.82) is 0 Å². The minimum Gasteiger partial charge on any atom is -0.484 e. The molecule has 0 unspecified atom stereocenters. The van der Waals surface area contributed by atoms with E-state index in [0.29, 0.717) is 23.0 Å². The SMILES string of the molecule is CC(C)OC(=O)c1ccc(OCc2ncc(-c3ccc(F)cc3)o2)cc1. The number of hydrogen-bond donors (Lipinski definition) is 0. The van der Waals surface area contributed by atoms with Gasteiger partial charge in [0.15, 0.2) is 12.4 Å². The normalized spacial score (nSPS) is 10.8. The van der Waals surface area contributed by atoms with Gasteiger partial charge in [0.25, 0.3) is 0 Å². The van der Waals surface area contributed by atoms with Gasteiger partial charge in [-0.25, -0.2) is 14.2 Å². The molecule has 1 aromatic heterocycles. The summed E-state index contributed by atoms with van der Waals surface area (Å²) in [6, 6.07) is 12.6. The summed E-state index contributed by atoms with van der Waals surface area (Å²) in [5.41, 5.74) is 1.19. The number of aromatic nitrogens is 1. The number of nitrogens with zero attached hydrogens (tertiary/aromatic N) is 1. The minimum absolute atomic E-state index is 0.136. The van der Waals surface area contributed by atoms with Crippen molar-refractivity contribution < 1.29 is 23.1 Å². The Hall–Kier alpha value is -3.15. The Morgan fingerprint density at radius 1 is 1.12 bits per heavy atom. The van der Waals surface area contributed by atoms with E-state index < -0.39 is 0 Å². The molecule has 0 aliphatic carbocycles. The highest BCUT2D eigenvalue weighted by molar-refractivity contribution is 5.89. The highest BCUT2D eigenvalue weighted by atomic mass is 19.1. The van der Waals surface area contributed by atoms with E-state index in [1.165, 1.54) is 12.1 Å². The zero-order chi connectivity index (χ0) is 18.5. The summed E-state index contributed by atoms with van der Waals surface area (Å²) in [6.07, 6.45) is 1.40. The summed E-state index contributed by atoms with van der Waals surface area (Å²) in [5.74, 6) is 0.830. The summed E-state index contributed by atoms with van der Waals surface area (Å²) < 4.78 is 29.3. The first kappa shape index (κ1) is 17.7. The maximum Gasteiger partial charge on any atom is 0.338 e. The Balaban J connectivity index is 1.59. The number of hydrogen-bond acceptors (Lipinski definition) is 5. The minimum atomic E-state index is -0.372. The third-order valence-corrected chi connectivity index (χ3v) is 3.48. The molecule has 0 aliphatic rings. The van der Waals surface area contributed by atoms with Crippen LogP contribution in [0.2, 0.25) is 0 Å². The molecule has 26 heavy (non-hydrogen) atoms. The topological polar surface area (TPSA) is 61.6 Å². The molecule has 5 nitrogen and oxygen atoms in total. The molecule has 1 heterocycles. The van der Waals surface area contributed by atoms with Crippen molar-refractivity contribution in [1.82, 2.24) is 4.98 Å². The van der Waals surface area contributed by atoms with Crippen LogP contribution in [0.15, 0.2) is 59.1 Å². The van der Waals surface area contributed by atoms with Crippen LogP contribution in [0.5, 0.6) is 5.75 Å². The van der Waals surface area contributed by atoms with E-state index in [1.807, 2.05) is 0 Å². The molecule has 3 aromatic rings. The van der Waals surface area contributed by atoms with Crippen molar-refractivity contribution in [2.24, 2.45) is 0 Å². The third-order valence-electron chi connectivity index (χ3n) is 3.48. The van der Waals surface area contributed by atoms with Crippen molar-refractivity contribution in [2.45, 2.75) is 26.6 Å². The number of rotatable bonds is 6. The number of esters is 1. The lowest BCUT2D eigenvalue weighted by Crippen LogP contribution is -2.11. The Morgan fingerprint density at radius 2 is 1.81 bits per heavy atom. The summed E-state index contributed by atoms with van der Waals surface area (Å²) in [5, 5.41) is 0. The molecule has 6 heteroatoms. The van der Waals surface area contributed by atoms with Crippen molar-refractivity contribution in [3.05, 3.63) is 72.0 Å². The molecule has 0 saturated heterocycles. The maximum absolute atomic E-state index is 13.0. The van der Waals surface area contributed by atoms with Gasteiger partial charge in [0, 0.05) is 5.56 Å². The fourth-order valence-corrected chi connectivity index (χ4v) is 2.24. The standard InChI is InChI=1S/C20H18FNO4/c1-13(2)25-20(23)15-5-9-17(10-6-15)24-12-19-22-11-18(26-19)14-3-7-16(21)8-4-14/h3-11,13H,12H2,1-2H3. The molecule has 0 N–H and O–H groups in total. The number of ether oxygens (including phenoxy) is 2. The summed E-state index contributed by atoms with van der Waals surface area (Å²) in [4.78, 5) is 15.9. The van der Waals surface area contributed by atoms with Gasteiger partial charge in [-0.1, -0.05) is 0 Å². The van der Waals surface area contributed by atoms with Crippen LogP contribution >= 0.6 is 0 Å². The molecule has 0 amide bonds. The monoisotopic (exact) mass is 355 g/mol. The predicted octanol–water partition coefficient (Wildman–Crippen LogP) is 4.62. The average molecular weight is 355 g/mol. The highest BCUT2D eigenvalue weighted by Gasteiger charge is 2.10. The summed E-state index contributed by atoms with van der Waals surface area (Å²) in [6.45, 7) is 3.73. The summed E-state index contributed by atoms with van der Waals surface area (Å²) in [7, 11) is 0. The zero-order valence-electron chi connectivity index (χ0n) is 14.4. The maximum atomic E-state index is 13.0. The lowest BCUT2D eigenvalue weighted by atomic mass is 10.2. The van der Waals surface area contributed by atoms with Crippen LogP contribution in [-0.4, -0.2) is 17.1 Å². The second-order valence-corrected chi connectivity index (χ2v) is 5.89. The second kappa shape index (κ2) is 7.82. The molecule has 2 aromatic carbocycles. The predicted molar refractivity (Wildman–Crippen MR) is 93.2 cm³/mol. The zero-order valence-corrected chi connectivity index (χ0v) is 14.4. The first-order chi connectivity index (χ1) is 12.5. The molecule has 0 spiro atoms. The number of oxazole rings is 1. The van der Waals surface area contributed by atoms with Crippen molar-refractivity contribution in [3.63, 3.8) is 0 Å². The van der Waals surface area contributed by atoms with Crippen LogP contribution in [0, 0.1) is 5.82 Å². The van der Waals surface area contributed by atoms with Crippen molar-refractivity contribution in [2.75, 3.05) is 0 Å². The third kappa shape index (κ3) is 4.47. The van der Waals surface area contributed by atoms with E-state index in [4.69, 9.17) is 13.9 Å². The van der Waals surface area contributed by atoms with E-state index >= 15 is 0 Å². The van der Waals surface area contributed by atoms with Gasteiger partial charge in [0.1, 0.15) is 11.6 Å². The molecular formula is C20H18FNO4. The average Bonchev–Trinajstić information content (AvgIpc) is 3.09. The first-order valence-corrected chi connectivity index (χ1v) is 8.16. The Bertz CT molecular complexity index is 870. The fraction of sp³-hybridized carbons (Fsp3) is 0.200. The van der Waals surface area contributed by atoms with E-state index in [2.05, 4.69) is 4.98 Å². The molecule has 0 saturated carbocycles. The second-order valence-electron chi connectivity index (χ2n) is 5.89. The van der Waals surface area contributed by atoms with E-state index in [0.717, 1.165) is 5.56 Å². The van der Waals surface area contributed by atoms with Gasteiger partial charge in [0.2, 0.25) is 5.89 Å². The Morgan fingerprint density at radius 3 is 2.46 bits per heavy atom. The molecule has 0 fully saturated rings. The number of carbonyl (C=O) groups excluding carboxylic acids is 1. The van der Waals surface area contributed by atoms with Gasteiger partial charge < -0.3 is 13.9 Å². The Kier molecular flexibility index (Phi) is 5.31. The number of carbonyl (C=O) groups is 1. The molecule has 0 bridgehead atoms. The molecule has 134 valence electrons. The van der Waals surface area contributed by atoms with Gasteiger partial charge in [0.05, 0.1) is 17.9 Å². The van der Waals surface area contributed by atoms with Gasteiger partial charge in [-0.2, -0.15) is 0 Å². The summed E-state index contributed by atoms with van der Waals surface area (Å²) >= 11 is 0. The van der Waals surface area contributed by atoms with Crippen LogP contribution in [0.1, 0.15) is 30.1 Å². The molecule has 0 aliphatic heterocycles. The fourth-order valence-electron chi connectivity index (χ4n) is 2.24. The molecule has 0 radical (unpaired) electrons. The highest BCUT2D eigenvalue weighted by Crippen LogP contribution is 2.21. The van der Waals surface area contributed by atoms with Gasteiger partial charge in [-0.05, 0) is 62.4 Å². The van der Waals surface area contributed by atoms with Crippen molar-refractivity contribution in [3.8, 4) is 17.1 Å². The van der Waals surface area contributed by atoms with E-state index in [-0.39, 0.29) is 24.5 Å². The quantitative estimate of drug-likeness (QED) is 0.604. The number of benzene rings is 2. The van der Waals surface area contributed by atoms with E-state index in [1.54, 1.807) is 56.4 Å². The lowest BCUT2D eigenvalue weighted by molar-refractivity contribution is 0.0378. The van der Waals surface area contributed by atoms with Gasteiger partial charge in [-0.3, -0.25) is 0 Å². The van der Waals surface area contributed by atoms with Gasteiger partial charge >= 0.3 is 5.97 Å². The van der Waals surface area contributed by atoms with Crippen molar-refractivity contribution >= 4 is 5.97 Å². The smallest absolute Gasteiger partial charge is 0.338 e. The van der Waals surface area contributed by atoms with Crippen LogP contribution in [-0.2, 0) is 11.3 Å². The lowest BCUT2D eigenvalue weighted by Gasteiger charge is -2.08. The molecule has 3 rings (SSSR count). The Labute approximate surface area is 150 Å². The largest absolute Gasteiger partial charge is 0.484 e. The van der Waals surface area contributed by atoms with Crippen LogP contribution in [0.3, 0.4) is 0 Å².